The van der Waals surface area contributed by atoms with Crippen molar-refractivity contribution in [2.45, 2.75) is 23.7 Å². The topological polar surface area (TPSA) is 89.7 Å². The van der Waals surface area contributed by atoms with Crippen molar-refractivity contribution >= 4 is 27.1 Å². The Kier molecular flexibility index (Phi) is 4.91. The highest BCUT2D eigenvalue weighted by atomic mass is 32.2. The number of hydrogen-bond acceptors (Lipinski definition) is 6. The number of para-hydroxylation sites is 2. The molecule has 2 aromatic carbocycles. The normalized spacial score (nSPS) is 18.2. The van der Waals surface area contributed by atoms with Gasteiger partial charge < -0.3 is 9.15 Å². The molecule has 1 aliphatic heterocycles. The Morgan fingerprint density at radius 1 is 1.21 bits per heavy atom. The lowest BCUT2D eigenvalue weighted by atomic mass is 10.00. The van der Waals surface area contributed by atoms with E-state index in [4.69, 9.17) is 4.42 Å². The first kappa shape index (κ1) is 18.6. The van der Waals surface area contributed by atoms with Crippen LogP contribution in [0.4, 0.5) is 0 Å². The van der Waals surface area contributed by atoms with Crippen molar-refractivity contribution in [3.05, 3.63) is 60.0 Å². The summed E-state index contributed by atoms with van der Waals surface area (Å²) in [6.45, 7) is 0.707. The van der Waals surface area contributed by atoms with Crippen LogP contribution in [0.15, 0.2) is 57.8 Å². The van der Waals surface area contributed by atoms with Crippen molar-refractivity contribution in [2.24, 2.45) is 0 Å². The molecule has 3 aromatic rings. The van der Waals surface area contributed by atoms with Gasteiger partial charge in [0.2, 0.25) is 10.0 Å². The minimum Gasteiger partial charge on any atom is -0.465 e. The van der Waals surface area contributed by atoms with Gasteiger partial charge in [-0.05, 0) is 43.2 Å². The van der Waals surface area contributed by atoms with Gasteiger partial charge in [0.1, 0.15) is 5.52 Å². The van der Waals surface area contributed by atoms with E-state index in [1.165, 1.54) is 29.6 Å². The van der Waals surface area contributed by atoms with E-state index < -0.39 is 16.0 Å². The quantitative estimate of drug-likeness (QED) is 0.625. The average Bonchev–Trinajstić information content (AvgIpc) is 3.18. The van der Waals surface area contributed by atoms with E-state index in [0.29, 0.717) is 24.4 Å². The van der Waals surface area contributed by atoms with Crippen molar-refractivity contribution in [3.8, 4) is 0 Å². The van der Waals surface area contributed by atoms with Crippen molar-refractivity contribution in [2.75, 3.05) is 20.2 Å². The first-order valence-electron chi connectivity index (χ1n) is 9.03. The maximum atomic E-state index is 13.1. The number of hydrogen-bond donors (Lipinski definition) is 0. The van der Waals surface area contributed by atoms with Gasteiger partial charge in [0.25, 0.3) is 0 Å². The maximum Gasteiger partial charge on any atom is 0.337 e. The molecule has 1 aliphatic rings. The number of oxazole rings is 1. The van der Waals surface area contributed by atoms with Gasteiger partial charge >= 0.3 is 5.97 Å². The highest BCUT2D eigenvalue weighted by Crippen LogP contribution is 2.31. The molecule has 8 heteroatoms. The highest BCUT2D eigenvalue weighted by Gasteiger charge is 2.33. The lowest BCUT2D eigenvalue weighted by Crippen LogP contribution is -2.39. The highest BCUT2D eigenvalue weighted by molar-refractivity contribution is 7.89. The number of benzene rings is 2. The average molecular weight is 400 g/mol. The summed E-state index contributed by atoms with van der Waals surface area (Å²) in [4.78, 5) is 16.3. The van der Waals surface area contributed by atoms with E-state index in [1.54, 1.807) is 6.07 Å². The Morgan fingerprint density at radius 3 is 2.82 bits per heavy atom. The smallest absolute Gasteiger partial charge is 0.337 e. The van der Waals surface area contributed by atoms with Crippen LogP contribution < -0.4 is 0 Å². The van der Waals surface area contributed by atoms with Gasteiger partial charge in [-0.3, -0.25) is 0 Å². The molecular formula is C20H20N2O5S. The summed E-state index contributed by atoms with van der Waals surface area (Å²) in [5.74, 6) is -0.121. The number of rotatable bonds is 4. The molecule has 4 rings (SSSR count). The minimum atomic E-state index is -3.74. The van der Waals surface area contributed by atoms with E-state index in [1.807, 2.05) is 24.3 Å². The summed E-state index contributed by atoms with van der Waals surface area (Å²) in [6.07, 6.45) is 1.51. The number of carbonyl (C=O) groups is 1. The Hall–Kier alpha value is -2.71. The van der Waals surface area contributed by atoms with Crippen molar-refractivity contribution in [3.63, 3.8) is 0 Å². The zero-order valence-electron chi connectivity index (χ0n) is 15.4. The van der Waals surface area contributed by atoms with Gasteiger partial charge in [0.15, 0.2) is 11.5 Å². The molecule has 0 radical (unpaired) electrons. The fourth-order valence-electron chi connectivity index (χ4n) is 3.48. The number of aromatic nitrogens is 1. The molecule has 0 spiro atoms. The summed E-state index contributed by atoms with van der Waals surface area (Å²) in [6, 6.07) is 13.4. The number of esters is 1. The zero-order valence-corrected chi connectivity index (χ0v) is 16.2. The molecule has 28 heavy (non-hydrogen) atoms. The minimum absolute atomic E-state index is 0.0774. The molecule has 0 amide bonds. The summed E-state index contributed by atoms with van der Waals surface area (Å²) >= 11 is 0. The first-order chi connectivity index (χ1) is 13.5. The second-order valence-electron chi connectivity index (χ2n) is 6.74. The number of ether oxygens (including phenoxy) is 1. The van der Waals surface area contributed by atoms with Crippen LogP contribution in [0, 0.1) is 0 Å². The molecule has 0 aliphatic carbocycles. The molecule has 2 heterocycles. The Bertz CT molecular complexity index is 1090. The third-order valence-corrected chi connectivity index (χ3v) is 6.80. The van der Waals surface area contributed by atoms with Crippen molar-refractivity contribution < 1.29 is 22.4 Å². The SMILES string of the molecule is COC(=O)c1cccc(S(=O)(=O)N2CCCC(c3nc4ccccc4o3)C2)c1. The van der Waals surface area contributed by atoms with E-state index in [9.17, 15) is 13.2 Å². The summed E-state index contributed by atoms with van der Waals surface area (Å²) in [5.41, 5.74) is 1.67. The van der Waals surface area contributed by atoms with Gasteiger partial charge in [-0.1, -0.05) is 18.2 Å². The predicted molar refractivity (Wildman–Crippen MR) is 103 cm³/mol. The third-order valence-electron chi connectivity index (χ3n) is 4.94. The molecule has 146 valence electrons. The number of piperidine rings is 1. The molecule has 0 N–H and O–H groups in total. The van der Waals surface area contributed by atoms with Gasteiger partial charge in [0.05, 0.1) is 17.6 Å². The van der Waals surface area contributed by atoms with E-state index >= 15 is 0 Å². The van der Waals surface area contributed by atoms with Crippen LogP contribution in [-0.4, -0.2) is 43.9 Å². The number of methoxy groups -OCH3 is 1. The number of carbonyl (C=O) groups excluding carboxylic acids is 1. The van der Waals surface area contributed by atoms with E-state index in [2.05, 4.69) is 9.72 Å². The molecule has 1 aromatic heterocycles. The van der Waals surface area contributed by atoms with Gasteiger partial charge in [-0.15, -0.1) is 0 Å². The number of sulfonamides is 1. The summed E-state index contributed by atoms with van der Waals surface area (Å²) in [5, 5.41) is 0. The van der Waals surface area contributed by atoms with Crippen LogP contribution in [0.5, 0.6) is 0 Å². The Morgan fingerprint density at radius 2 is 2.04 bits per heavy atom. The maximum absolute atomic E-state index is 13.1. The van der Waals surface area contributed by atoms with E-state index in [0.717, 1.165) is 11.9 Å². The lowest BCUT2D eigenvalue weighted by molar-refractivity contribution is 0.0600. The fraction of sp³-hybridized carbons (Fsp3) is 0.300. The Labute approximate surface area is 163 Å². The second-order valence-corrected chi connectivity index (χ2v) is 8.68. The van der Waals surface area contributed by atoms with Crippen molar-refractivity contribution in [1.29, 1.82) is 0 Å². The van der Waals surface area contributed by atoms with Crippen LogP contribution in [-0.2, 0) is 14.8 Å². The second kappa shape index (κ2) is 7.37. The zero-order chi connectivity index (χ0) is 19.7. The Balaban J connectivity index is 1.60. The van der Waals surface area contributed by atoms with E-state index in [-0.39, 0.29) is 22.9 Å². The van der Waals surface area contributed by atoms with Crippen LogP contribution in [0.1, 0.15) is 35.0 Å². The fourth-order valence-corrected chi connectivity index (χ4v) is 5.05. The first-order valence-corrected chi connectivity index (χ1v) is 10.5. The number of nitrogens with zero attached hydrogens (tertiary/aromatic N) is 2. The number of fused-ring (bicyclic) bond motifs is 1. The van der Waals surface area contributed by atoms with Crippen LogP contribution in [0.25, 0.3) is 11.1 Å². The predicted octanol–water partition coefficient (Wildman–Crippen LogP) is 3.18. The van der Waals surface area contributed by atoms with Crippen molar-refractivity contribution in [1.82, 2.24) is 9.29 Å². The molecule has 1 unspecified atom stereocenters. The van der Waals surface area contributed by atoms with Crippen LogP contribution in [0.3, 0.4) is 0 Å². The standard InChI is InChI=1S/C20H20N2O5S/c1-26-20(23)14-6-4-8-16(12-14)28(24,25)22-11-5-7-15(13-22)19-21-17-9-2-3-10-18(17)27-19/h2-4,6,8-10,12,15H,5,7,11,13H2,1H3. The molecule has 1 fully saturated rings. The van der Waals surface area contributed by atoms with Gasteiger partial charge in [0, 0.05) is 19.0 Å². The summed E-state index contributed by atoms with van der Waals surface area (Å²) in [7, 11) is -2.48. The molecular weight excluding hydrogens is 380 g/mol. The molecule has 1 saturated heterocycles. The molecule has 1 atom stereocenters. The monoisotopic (exact) mass is 400 g/mol. The largest absolute Gasteiger partial charge is 0.465 e. The molecule has 7 nitrogen and oxygen atoms in total. The molecule has 0 bridgehead atoms. The lowest BCUT2D eigenvalue weighted by Gasteiger charge is -2.30. The van der Waals surface area contributed by atoms with Gasteiger partial charge in [-0.25, -0.2) is 18.2 Å². The molecule has 0 saturated carbocycles. The van der Waals surface area contributed by atoms with Crippen LogP contribution in [0.2, 0.25) is 0 Å². The van der Waals surface area contributed by atoms with Crippen LogP contribution >= 0.6 is 0 Å². The third kappa shape index (κ3) is 3.41. The van der Waals surface area contributed by atoms with Gasteiger partial charge in [-0.2, -0.15) is 4.31 Å². The summed E-state index contributed by atoms with van der Waals surface area (Å²) < 4.78 is 38.2.